The first-order valence-corrected chi connectivity index (χ1v) is 6.15. The number of anilines is 1. The highest BCUT2D eigenvalue weighted by Crippen LogP contribution is 2.20. The molecule has 21 heavy (non-hydrogen) atoms. The predicted octanol–water partition coefficient (Wildman–Crippen LogP) is 2.59. The third-order valence-electron chi connectivity index (χ3n) is 2.62. The summed E-state index contributed by atoms with van der Waals surface area (Å²) in [6.07, 6.45) is 6.50. The summed E-state index contributed by atoms with van der Waals surface area (Å²) >= 11 is 0. The van der Waals surface area contributed by atoms with Crippen LogP contribution in [-0.2, 0) is 0 Å². The summed E-state index contributed by atoms with van der Waals surface area (Å²) in [6.45, 7) is 1.88. The third-order valence-corrected chi connectivity index (χ3v) is 2.62. The van der Waals surface area contributed by atoms with Crippen LogP contribution >= 0.6 is 0 Å². The summed E-state index contributed by atoms with van der Waals surface area (Å²) in [4.78, 5) is 22.7. The smallest absolute Gasteiger partial charge is 0.337 e. The number of nitrogens with one attached hydrogen (secondary N) is 2. The first kappa shape index (κ1) is 16.4. The second-order valence-electron chi connectivity index (χ2n) is 4.22. The normalized spacial score (nSPS) is 11.3. The molecule has 0 spiro atoms. The summed E-state index contributed by atoms with van der Waals surface area (Å²) in [5, 5.41) is 13.5. The van der Waals surface area contributed by atoms with E-state index in [1.165, 1.54) is 0 Å². The van der Waals surface area contributed by atoms with E-state index in [0.717, 1.165) is 6.42 Å². The molecular formula is C14H14F2N2O3. The molecule has 0 saturated heterocycles. The van der Waals surface area contributed by atoms with Crippen molar-refractivity contribution < 1.29 is 23.5 Å². The fourth-order valence-electron chi connectivity index (χ4n) is 1.63. The number of hydrogen-bond donors (Lipinski definition) is 3. The molecule has 0 aliphatic rings. The summed E-state index contributed by atoms with van der Waals surface area (Å²) in [7, 11) is 0. The van der Waals surface area contributed by atoms with Crippen molar-refractivity contribution in [3.8, 4) is 12.3 Å². The number of carbonyl (C=O) groups is 2. The van der Waals surface area contributed by atoms with Gasteiger partial charge in [-0.25, -0.2) is 18.4 Å². The van der Waals surface area contributed by atoms with E-state index in [2.05, 4.69) is 16.6 Å². The maximum atomic E-state index is 13.2. The van der Waals surface area contributed by atoms with Gasteiger partial charge in [0.05, 0.1) is 17.3 Å². The number of amides is 2. The molecule has 0 fully saturated rings. The van der Waals surface area contributed by atoms with Crippen LogP contribution in [-0.4, -0.2) is 23.1 Å². The van der Waals surface area contributed by atoms with Gasteiger partial charge in [0.15, 0.2) is 11.6 Å². The Bertz CT molecular complexity index is 597. The Hall–Kier alpha value is -2.62. The molecule has 1 aromatic rings. The minimum Gasteiger partial charge on any atom is -0.478 e. The van der Waals surface area contributed by atoms with E-state index < -0.39 is 35.2 Å². The second kappa shape index (κ2) is 7.24. The lowest BCUT2D eigenvalue weighted by atomic mass is 10.1. The lowest BCUT2D eigenvalue weighted by Gasteiger charge is -2.14. The van der Waals surface area contributed by atoms with E-state index in [4.69, 9.17) is 11.5 Å². The summed E-state index contributed by atoms with van der Waals surface area (Å²) in [5.41, 5.74) is -0.914. The zero-order chi connectivity index (χ0) is 16.0. The van der Waals surface area contributed by atoms with Gasteiger partial charge < -0.3 is 15.7 Å². The third kappa shape index (κ3) is 4.45. The molecule has 0 aliphatic heterocycles. The zero-order valence-corrected chi connectivity index (χ0v) is 11.2. The Morgan fingerprint density at radius 1 is 1.38 bits per heavy atom. The molecule has 0 saturated carbocycles. The minimum atomic E-state index is -1.49. The van der Waals surface area contributed by atoms with Crippen molar-refractivity contribution in [2.75, 3.05) is 5.32 Å². The number of carboxylic acids is 1. The highest BCUT2D eigenvalue weighted by atomic mass is 19.2. The molecular weight excluding hydrogens is 282 g/mol. The van der Waals surface area contributed by atoms with Gasteiger partial charge in [-0.15, -0.1) is 6.42 Å². The van der Waals surface area contributed by atoms with Crippen LogP contribution in [0.1, 0.15) is 30.1 Å². The molecule has 0 aromatic heterocycles. The average Bonchev–Trinajstić information content (AvgIpc) is 2.41. The fraction of sp³-hybridized carbons (Fsp3) is 0.286. The molecule has 3 N–H and O–H groups in total. The lowest BCUT2D eigenvalue weighted by molar-refractivity contribution is 0.0697. The van der Waals surface area contributed by atoms with Crippen LogP contribution in [0.3, 0.4) is 0 Å². The van der Waals surface area contributed by atoms with Gasteiger partial charge in [0.1, 0.15) is 0 Å². The second-order valence-corrected chi connectivity index (χ2v) is 4.22. The SMILES string of the molecule is C#CC(CCC)NC(=O)Nc1cc(F)c(F)cc1C(=O)O. The van der Waals surface area contributed by atoms with Crippen LogP contribution in [0.4, 0.5) is 19.3 Å². The number of urea groups is 1. The van der Waals surface area contributed by atoms with Crippen molar-refractivity contribution >= 4 is 17.7 Å². The van der Waals surface area contributed by atoms with Crippen LogP contribution in [0.2, 0.25) is 0 Å². The summed E-state index contributed by atoms with van der Waals surface area (Å²) < 4.78 is 26.2. The van der Waals surface area contributed by atoms with E-state index in [-0.39, 0.29) is 5.69 Å². The van der Waals surface area contributed by atoms with E-state index >= 15 is 0 Å². The van der Waals surface area contributed by atoms with Gasteiger partial charge in [-0.2, -0.15) is 0 Å². The minimum absolute atomic E-state index is 0.355. The van der Waals surface area contributed by atoms with Gasteiger partial charge in [0.2, 0.25) is 0 Å². The first-order valence-electron chi connectivity index (χ1n) is 6.15. The Morgan fingerprint density at radius 3 is 2.52 bits per heavy atom. The largest absolute Gasteiger partial charge is 0.478 e. The van der Waals surface area contributed by atoms with Gasteiger partial charge in [-0.1, -0.05) is 19.3 Å². The highest BCUT2D eigenvalue weighted by molar-refractivity contribution is 6.00. The lowest BCUT2D eigenvalue weighted by Crippen LogP contribution is -2.37. The monoisotopic (exact) mass is 296 g/mol. The Balaban J connectivity index is 2.92. The summed E-state index contributed by atoms with van der Waals surface area (Å²) in [6, 6.07) is -0.227. The number of halogens is 2. The molecule has 5 nitrogen and oxygen atoms in total. The molecule has 1 unspecified atom stereocenters. The van der Waals surface area contributed by atoms with Gasteiger partial charge in [-0.3, -0.25) is 0 Å². The highest BCUT2D eigenvalue weighted by Gasteiger charge is 2.18. The van der Waals surface area contributed by atoms with E-state index in [1.54, 1.807) is 0 Å². The molecule has 112 valence electrons. The van der Waals surface area contributed by atoms with Crippen molar-refractivity contribution in [1.82, 2.24) is 5.32 Å². The van der Waals surface area contributed by atoms with Crippen LogP contribution in [0.25, 0.3) is 0 Å². The maximum absolute atomic E-state index is 13.2. The zero-order valence-electron chi connectivity index (χ0n) is 11.2. The first-order chi connectivity index (χ1) is 9.88. The molecule has 7 heteroatoms. The van der Waals surface area contributed by atoms with Crippen LogP contribution in [0, 0.1) is 24.0 Å². The Kier molecular flexibility index (Phi) is 5.67. The number of carboxylic acid groups (broad SMARTS) is 1. The molecule has 0 radical (unpaired) electrons. The molecule has 1 rings (SSSR count). The molecule has 1 aromatic carbocycles. The summed E-state index contributed by atoms with van der Waals surface area (Å²) in [5.74, 6) is -1.72. The standard InChI is InChI=1S/C14H14F2N2O3/c1-3-5-8(4-2)17-14(21)18-12-7-11(16)10(15)6-9(12)13(19)20/h2,6-8H,3,5H2,1H3,(H,19,20)(H2,17,18,21). The van der Waals surface area contributed by atoms with Crippen molar-refractivity contribution in [2.24, 2.45) is 0 Å². The van der Waals surface area contributed by atoms with Crippen LogP contribution in [0.15, 0.2) is 12.1 Å². The number of hydrogen-bond acceptors (Lipinski definition) is 2. The topological polar surface area (TPSA) is 78.4 Å². The van der Waals surface area contributed by atoms with Gasteiger partial charge in [-0.05, 0) is 12.5 Å². The number of rotatable bonds is 5. The number of terminal acetylenes is 1. The molecule has 0 aliphatic carbocycles. The van der Waals surface area contributed by atoms with E-state index in [9.17, 15) is 18.4 Å². The van der Waals surface area contributed by atoms with Crippen LogP contribution < -0.4 is 10.6 Å². The van der Waals surface area contributed by atoms with Crippen molar-refractivity contribution in [2.45, 2.75) is 25.8 Å². The molecule has 0 heterocycles. The number of carbonyl (C=O) groups excluding carboxylic acids is 1. The Labute approximate surface area is 120 Å². The quantitative estimate of drug-likeness (QED) is 0.731. The molecule has 1 atom stereocenters. The van der Waals surface area contributed by atoms with Crippen molar-refractivity contribution in [1.29, 1.82) is 0 Å². The van der Waals surface area contributed by atoms with E-state index in [1.807, 2.05) is 6.92 Å². The number of aromatic carboxylic acids is 1. The van der Waals surface area contributed by atoms with Gasteiger partial charge in [0.25, 0.3) is 0 Å². The predicted molar refractivity (Wildman–Crippen MR) is 73.0 cm³/mol. The fourth-order valence-corrected chi connectivity index (χ4v) is 1.63. The van der Waals surface area contributed by atoms with Gasteiger partial charge >= 0.3 is 12.0 Å². The van der Waals surface area contributed by atoms with Crippen molar-refractivity contribution in [3.63, 3.8) is 0 Å². The van der Waals surface area contributed by atoms with Gasteiger partial charge in [0, 0.05) is 6.07 Å². The number of benzene rings is 1. The maximum Gasteiger partial charge on any atom is 0.337 e. The van der Waals surface area contributed by atoms with E-state index in [0.29, 0.717) is 18.6 Å². The van der Waals surface area contributed by atoms with Crippen LogP contribution in [0.5, 0.6) is 0 Å². The molecule has 2 amide bonds. The van der Waals surface area contributed by atoms with Crippen molar-refractivity contribution in [3.05, 3.63) is 29.3 Å². The average molecular weight is 296 g/mol. The Morgan fingerprint density at radius 2 is 2.00 bits per heavy atom. The molecule has 0 bridgehead atoms.